The lowest BCUT2D eigenvalue weighted by Gasteiger charge is -2.10. The van der Waals surface area contributed by atoms with Gasteiger partial charge in [0.05, 0.1) is 5.92 Å². The van der Waals surface area contributed by atoms with Gasteiger partial charge < -0.3 is 10.8 Å². The number of aliphatic carboxylic acids is 1. The van der Waals surface area contributed by atoms with Gasteiger partial charge in [0, 0.05) is 0 Å². The molecule has 0 amide bonds. The first kappa shape index (κ1) is 12.2. The van der Waals surface area contributed by atoms with Gasteiger partial charge in [-0.25, -0.2) is 0 Å². The minimum atomic E-state index is -0.697. The summed E-state index contributed by atoms with van der Waals surface area (Å²) in [6.07, 6.45) is 5.86. The van der Waals surface area contributed by atoms with Gasteiger partial charge in [-0.1, -0.05) is 6.08 Å². The minimum absolute atomic E-state index is 0.219. The predicted molar refractivity (Wildman–Crippen MR) is 53.5 cm³/mol. The molecule has 0 rings (SSSR count). The van der Waals surface area contributed by atoms with Gasteiger partial charge >= 0.3 is 5.97 Å². The van der Waals surface area contributed by atoms with E-state index in [4.69, 9.17) is 10.8 Å². The third kappa shape index (κ3) is 6.34. The average molecular weight is 185 g/mol. The van der Waals surface area contributed by atoms with Crippen LogP contribution in [-0.4, -0.2) is 17.6 Å². The van der Waals surface area contributed by atoms with Crippen LogP contribution >= 0.6 is 0 Å². The molecule has 0 spiro atoms. The molecule has 1 atom stereocenters. The Morgan fingerprint density at radius 2 is 2.08 bits per heavy atom. The van der Waals surface area contributed by atoms with E-state index in [1.54, 1.807) is 0 Å². The molecule has 0 saturated heterocycles. The summed E-state index contributed by atoms with van der Waals surface area (Å²) in [5, 5.41) is 8.83. The van der Waals surface area contributed by atoms with Crippen molar-refractivity contribution in [3.05, 3.63) is 12.7 Å². The SMILES string of the molecule is C=CCCCC(CCCN)C(=O)O. The van der Waals surface area contributed by atoms with Crippen LogP contribution < -0.4 is 5.73 Å². The molecule has 0 aromatic carbocycles. The molecule has 0 aliphatic rings. The molecule has 0 aromatic heterocycles. The van der Waals surface area contributed by atoms with Gasteiger partial charge in [0.2, 0.25) is 0 Å². The maximum atomic E-state index is 10.7. The van der Waals surface area contributed by atoms with Crippen molar-refractivity contribution in [2.45, 2.75) is 32.1 Å². The Morgan fingerprint density at radius 3 is 2.54 bits per heavy atom. The molecule has 0 aliphatic carbocycles. The van der Waals surface area contributed by atoms with E-state index >= 15 is 0 Å². The zero-order chi connectivity index (χ0) is 10.1. The van der Waals surface area contributed by atoms with Crippen LogP contribution in [-0.2, 0) is 4.79 Å². The summed E-state index contributed by atoms with van der Waals surface area (Å²) in [7, 11) is 0. The van der Waals surface area contributed by atoms with Crippen LogP contribution in [0.25, 0.3) is 0 Å². The molecule has 3 N–H and O–H groups in total. The van der Waals surface area contributed by atoms with Crippen molar-refractivity contribution in [3.63, 3.8) is 0 Å². The number of carboxylic acid groups (broad SMARTS) is 1. The lowest BCUT2D eigenvalue weighted by molar-refractivity contribution is -0.142. The van der Waals surface area contributed by atoms with Crippen LogP contribution in [0.4, 0.5) is 0 Å². The highest BCUT2D eigenvalue weighted by molar-refractivity contribution is 5.69. The Labute approximate surface area is 79.6 Å². The van der Waals surface area contributed by atoms with Gasteiger partial charge in [-0.3, -0.25) is 4.79 Å². The summed E-state index contributed by atoms with van der Waals surface area (Å²) < 4.78 is 0. The first-order chi connectivity index (χ1) is 6.22. The number of rotatable bonds is 8. The number of carboxylic acids is 1. The second-order valence-corrected chi connectivity index (χ2v) is 3.19. The molecule has 0 bridgehead atoms. The van der Waals surface area contributed by atoms with Crippen molar-refractivity contribution < 1.29 is 9.90 Å². The van der Waals surface area contributed by atoms with Gasteiger partial charge in [0.25, 0.3) is 0 Å². The van der Waals surface area contributed by atoms with Crippen LogP contribution in [0.1, 0.15) is 32.1 Å². The largest absolute Gasteiger partial charge is 0.481 e. The summed E-state index contributed by atoms with van der Waals surface area (Å²) in [5.41, 5.74) is 5.32. The normalized spacial score (nSPS) is 12.4. The fourth-order valence-corrected chi connectivity index (χ4v) is 1.26. The topological polar surface area (TPSA) is 63.3 Å². The highest BCUT2D eigenvalue weighted by Crippen LogP contribution is 2.14. The monoisotopic (exact) mass is 185 g/mol. The summed E-state index contributed by atoms with van der Waals surface area (Å²) in [5.74, 6) is -0.916. The van der Waals surface area contributed by atoms with Crippen molar-refractivity contribution in [2.24, 2.45) is 11.7 Å². The fourth-order valence-electron chi connectivity index (χ4n) is 1.26. The zero-order valence-corrected chi connectivity index (χ0v) is 8.04. The Balaban J connectivity index is 3.66. The first-order valence-electron chi connectivity index (χ1n) is 4.76. The summed E-state index contributed by atoms with van der Waals surface area (Å²) in [6, 6.07) is 0. The number of carbonyl (C=O) groups is 1. The number of hydrogen-bond donors (Lipinski definition) is 2. The molecule has 3 nitrogen and oxygen atoms in total. The van der Waals surface area contributed by atoms with Crippen LogP contribution in [0, 0.1) is 5.92 Å². The van der Waals surface area contributed by atoms with Gasteiger partial charge in [0.15, 0.2) is 0 Å². The van der Waals surface area contributed by atoms with E-state index in [0.29, 0.717) is 13.0 Å². The molecular formula is C10H19NO2. The molecule has 0 aliphatic heterocycles. The van der Waals surface area contributed by atoms with Crippen LogP contribution in [0.15, 0.2) is 12.7 Å². The molecule has 0 heterocycles. The highest BCUT2D eigenvalue weighted by atomic mass is 16.4. The first-order valence-corrected chi connectivity index (χ1v) is 4.76. The lowest BCUT2D eigenvalue weighted by atomic mass is 9.97. The Kier molecular flexibility index (Phi) is 7.30. The van der Waals surface area contributed by atoms with E-state index in [2.05, 4.69) is 6.58 Å². The number of nitrogens with two attached hydrogens (primary N) is 1. The van der Waals surface area contributed by atoms with Crippen molar-refractivity contribution in [3.8, 4) is 0 Å². The Hall–Kier alpha value is -0.830. The molecule has 1 unspecified atom stereocenters. The molecule has 13 heavy (non-hydrogen) atoms. The zero-order valence-electron chi connectivity index (χ0n) is 8.04. The summed E-state index contributed by atoms with van der Waals surface area (Å²) in [6.45, 7) is 4.17. The van der Waals surface area contributed by atoms with E-state index in [-0.39, 0.29) is 5.92 Å². The van der Waals surface area contributed by atoms with E-state index in [0.717, 1.165) is 25.7 Å². The second kappa shape index (κ2) is 7.80. The van der Waals surface area contributed by atoms with E-state index in [9.17, 15) is 4.79 Å². The van der Waals surface area contributed by atoms with Gasteiger partial charge in [-0.15, -0.1) is 6.58 Å². The van der Waals surface area contributed by atoms with Gasteiger partial charge in [0.1, 0.15) is 0 Å². The van der Waals surface area contributed by atoms with Crippen LogP contribution in [0.3, 0.4) is 0 Å². The van der Waals surface area contributed by atoms with E-state index in [1.165, 1.54) is 0 Å². The molecular weight excluding hydrogens is 166 g/mol. The molecule has 76 valence electrons. The van der Waals surface area contributed by atoms with Crippen molar-refractivity contribution in [2.75, 3.05) is 6.54 Å². The number of unbranched alkanes of at least 4 members (excludes halogenated alkanes) is 1. The second-order valence-electron chi connectivity index (χ2n) is 3.19. The standard InChI is InChI=1S/C10H19NO2/c1-2-3-4-6-9(10(12)13)7-5-8-11/h2,9H,1,3-8,11H2,(H,12,13). The molecule has 0 saturated carbocycles. The average Bonchev–Trinajstić information content (AvgIpc) is 2.10. The fraction of sp³-hybridized carbons (Fsp3) is 0.700. The predicted octanol–water partition coefficient (Wildman–Crippen LogP) is 1.78. The molecule has 3 heteroatoms. The van der Waals surface area contributed by atoms with Crippen LogP contribution in [0.2, 0.25) is 0 Å². The Morgan fingerprint density at radius 1 is 1.46 bits per heavy atom. The van der Waals surface area contributed by atoms with Gasteiger partial charge in [-0.2, -0.15) is 0 Å². The number of hydrogen-bond acceptors (Lipinski definition) is 2. The number of allylic oxidation sites excluding steroid dienone is 1. The van der Waals surface area contributed by atoms with Gasteiger partial charge in [-0.05, 0) is 38.6 Å². The maximum Gasteiger partial charge on any atom is 0.306 e. The quantitative estimate of drug-likeness (QED) is 0.447. The van der Waals surface area contributed by atoms with Crippen LogP contribution in [0.5, 0.6) is 0 Å². The molecule has 0 fully saturated rings. The third-order valence-corrected chi connectivity index (χ3v) is 2.07. The summed E-state index contributed by atoms with van der Waals surface area (Å²) >= 11 is 0. The minimum Gasteiger partial charge on any atom is -0.481 e. The van der Waals surface area contributed by atoms with E-state index < -0.39 is 5.97 Å². The van der Waals surface area contributed by atoms with Crippen molar-refractivity contribution >= 4 is 5.97 Å². The smallest absolute Gasteiger partial charge is 0.306 e. The summed E-state index contributed by atoms with van der Waals surface area (Å²) in [4.78, 5) is 10.7. The Bertz CT molecular complexity index is 157. The van der Waals surface area contributed by atoms with Crippen molar-refractivity contribution in [1.82, 2.24) is 0 Å². The van der Waals surface area contributed by atoms with Crippen molar-refractivity contribution in [1.29, 1.82) is 0 Å². The molecule has 0 radical (unpaired) electrons. The third-order valence-electron chi connectivity index (χ3n) is 2.07. The molecule has 0 aromatic rings. The maximum absolute atomic E-state index is 10.7. The van der Waals surface area contributed by atoms with E-state index in [1.807, 2.05) is 6.08 Å². The highest BCUT2D eigenvalue weighted by Gasteiger charge is 2.15. The lowest BCUT2D eigenvalue weighted by Crippen LogP contribution is -2.15.